The maximum atomic E-state index is 12.9. The second kappa shape index (κ2) is 9.13. The molecule has 0 bridgehead atoms. The van der Waals surface area contributed by atoms with Crippen molar-refractivity contribution >= 4 is 11.8 Å². The Labute approximate surface area is 186 Å². The van der Waals surface area contributed by atoms with Crippen molar-refractivity contribution in [3.63, 3.8) is 0 Å². The Hall–Kier alpha value is -2.82. The molecule has 31 heavy (non-hydrogen) atoms. The number of rotatable bonds is 4. The second-order valence-corrected chi connectivity index (χ2v) is 9.44. The lowest BCUT2D eigenvalue weighted by molar-refractivity contribution is -0.134. The summed E-state index contributed by atoms with van der Waals surface area (Å²) in [4.78, 5) is 29.1. The van der Waals surface area contributed by atoms with Gasteiger partial charge in [-0.1, -0.05) is 45.0 Å². The van der Waals surface area contributed by atoms with Crippen molar-refractivity contribution in [1.29, 1.82) is 0 Å². The molecule has 0 aromatic heterocycles. The van der Waals surface area contributed by atoms with Gasteiger partial charge in [0.1, 0.15) is 5.75 Å². The highest BCUT2D eigenvalue weighted by atomic mass is 16.5. The van der Waals surface area contributed by atoms with Gasteiger partial charge in [-0.05, 0) is 60.6 Å². The molecule has 0 radical (unpaired) electrons. The molecule has 5 heteroatoms. The summed E-state index contributed by atoms with van der Waals surface area (Å²) >= 11 is 0. The zero-order valence-corrected chi connectivity index (χ0v) is 19.6. The molecule has 1 saturated heterocycles. The molecule has 5 nitrogen and oxygen atoms in total. The summed E-state index contributed by atoms with van der Waals surface area (Å²) in [6, 6.07) is 11.9. The average molecular weight is 423 g/mol. The average Bonchev–Trinajstić information content (AvgIpc) is 2.75. The number of amides is 2. The summed E-state index contributed by atoms with van der Waals surface area (Å²) < 4.78 is 5.87. The Morgan fingerprint density at radius 1 is 0.839 bits per heavy atom. The highest BCUT2D eigenvalue weighted by molar-refractivity contribution is 5.94. The van der Waals surface area contributed by atoms with E-state index in [9.17, 15) is 9.59 Å². The van der Waals surface area contributed by atoms with Crippen LogP contribution < -0.4 is 4.74 Å². The van der Waals surface area contributed by atoms with Gasteiger partial charge in [0.15, 0.2) is 6.61 Å². The lowest BCUT2D eigenvalue weighted by Crippen LogP contribution is -2.51. The van der Waals surface area contributed by atoms with E-state index >= 15 is 0 Å². The number of nitrogens with zero attached hydrogens (tertiary/aromatic N) is 2. The largest absolute Gasteiger partial charge is 0.483 e. The van der Waals surface area contributed by atoms with Gasteiger partial charge in [0.25, 0.3) is 11.8 Å². The highest BCUT2D eigenvalue weighted by Gasteiger charge is 2.25. The van der Waals surface area contributed by atoms with Gasteiger partial charge in [0, 0.05) is 31.7 Å². The third-order valence-electron chi connectivity index (χ3n) is 6.13. The molecule has 1 aliphatic rings. The number of benzene rings is 2. The quantitative estimate of drug-likeness (QED) is 0.739. The Kier molecular flexibility index (Phi) is 6.73. The van der Waals surface area contributed by atoms with E-state index in [0.717, 1.165) is 22.4 Å². The molecule has 1 heterocycles. The lowest BCUT2D eigenvalue weighted by Gasteiger charge is -2.35. The molecule has 0 atom stereocenters. The molecule has 1 fully saturated rings. The monoisotopic (exact) mass is 422 g/mol. The number of carbonyl (C=O) groups is 2. The van der Waals surface area contributed by atoms with E-state index < -0.39 is 0 Å². The smallest absolute Gasteiger partial charge is 0.260 e. The van der Waals surface area contributed by atoms with E-state index in [1.165, 1.54) is 5.56 Å². The molecule has 0 N–H and O–H groups in total. The first-order valence-electron chi connectivity index (χ1n) is 10.9. The van der Waals surface area contributed by atoms with E-state index in [1.54, 1.807) is 4.90 Å². The zero-order valence-electron chi connectivity index (χ0n) is 19.6. The fraction of sp³-hybridized carbons (Fsp3) is 0.462. The van der Waals surface area contributed by atoms with Gasteiger partial charge in [-0.2, -0.15) is 0 Å². The van der Waals surface area contributed by atoms with E-state index in [-0.39, 0.29) is 23.8 Å². The molecule has 0 saturated carbocycles. The van der Waals surface area contributed by atoms with Crippen LogP contribution in [0.25, 0.3) is 0 Å². The molecule has 3 rings (SSSR count). The molecule has 2 amide bonds. The first kappa shape index (κ1) is 22.9. The van der Waals surface area contributed by atoms with Crippen LogP contribution in [-0.4, -0.2) is 54.4 Å². The number of ether oxygens (including phenoxy) is 1. The van der Waals surface area contributed by atoms with E-state index in [4.69, 9.17) is 4.74 Å². The lowest BCUT2D eigenvalue weighted by atomic mass is 9.86. The minimum atomic E-state index is -0.0399. The van der Waals surface area contributed by atoms with Gasteiger partial charge in [0.05, 0.1) is 0 Å². The normalized spacial score (nSPS) is 14.5. The molecule has 1 aliphatic heterocycles. The van der Waals surface area contributed by atoms with Crippen molar-refractivity contribution in [1.82, 2.24) is 9.80 Å². The van der Waals surface area contributed by atoms with Crippen molar-refractivity contribution < 1.29 is 14.3 Å². The molecular weight excluding hydrogens is 388 g/mol. The van der Waals surface area contributed by atoms with E-state index in [1.807, 2.05) is 56.0 Å². The molecule has 166 valence electrons. The highest BCUT2D eigenvalue weighted by Crippen LogP contribution is 2.26. The summed E-state index contributed by atoms with van der Waals surface area (Å²) in [7, 11) is 0. The fourth-order valence-corrected chi connectivity index (χ4v) is 3.83. The molecule has 0 unspecified atom stereocenters. The summed E-state index contributed by atoms with van der Waals surface area (Å²) in [5.74, 6) is 0.776. The number of hydrogen-bond acceptors (Lipinski definition) is 3. The van der Waals surface area contributed by atoms with Crippen molar-refractivity contribution in [2.45, 2.75) is 47.0 Å². The van der Waals surface area contributed by atoms with Crippen LogP contribution in [0.15, 0.2) is 36.4 Å². The van der Waals surface area contributed by atoms with Crippen LogP contribution in [0, 0.1) is 20.8 Å². The van der Waals surface area contributed by atoms with Crippen LogP contribution in [0.5, 0.6) is 5.75 Å². The molecular formula is C26H34N2O3. The predicted octanol–water partition coefficient (Wildman–Crippen LogP) is 4.27. The Bertz CT molecular complexity index is 950. The van der Waals surface area contributed by atoms with E-state index in [0.29, 0.717) is 31.7 Å². The van der Waals surface area contributed by atoms with Crippen LogP contribution in [0.2, 0.25) is 0 Å². The number of carbonyl (C=O) groups excluding carboxylic acids is 2. The van der Waals surface area contributed by atoms with Crippen molar-refractivity contribution in [2.24, 2.45) is 0 Å². The van der Waals surface area contributed by atoms with Crippen molar-refractivity contribution in [3.8, 4) is 5.75 Å². The van der Waals surface area contributed by atoms with Gasteiger partial charge >= 0.3 is 0 Å². The molecule has 0 aliphatic carbocycles. The maximum Gasteiger partial charge on any atom is 0.260 e. The summed E-state index contributed by atoms with van der Waals surface area (Å²) in [5, 5.41) is 0. The Morgan fingerprint density at radius 3 is 1.97 bits per heavy atom. The number of aryl methyl sites for hydroxylation is 2. The van der Waals surface area contributed by atoms with Gasteiger partial charge in [-0.15, -0.1) is 0 Å². The fourth-order valence-electron chi connectivity index (χ4n) is 3.83. The first-order chi connectivity index (χ1) is 14.6. The van der Waals surface area contributed by atoms with Crippen molar-refractivity contribution in [2.75, 3.05) is 32.8 Å². The summed E-state index contributed by atoms with van der Waals surface area (Å²) in [6.07, 6.45) is 0. The molecule has 2 aromatic rings. The maximum absolute atomic E-state index is 12.9. The first-order valence-corrected chi connectivity index (χ1v) is 10.9. The third-order valence-corrected chi connectivity index (χ3v) is 6.13. The van der Waals surface area contributed by atoms with Crippen LogP contribution in [0.4, 0.5) is 0 Å². The third kappa shape index (κ3) is 5.27. The number of hydrogen-bond donors (Lipinski definition) is 0. The SMILES string of the molecule is Cc1ccc(C)c(OCC(=O)N2CCN(C(=O)c3ccc(C(C)(C)C)cc3)CC2)c1C. The predicted molar refractivity (Wildman–Crippen MR) is 124 cm³/mol. The standard InChI is InChI=1S/C26H34N2O3/c1-18-7-8-19(2)24(20(18)3)31-17-23(29)27-13-15-28(16-14-27)25(30)21-9-11-22(12-10-21)26(4,5)6/h7-12H,13-17H2,1-6H3. The van der Waals surface area contributed by atoms with Crippen molar-refractivity contribution in [3.05, 3.63) is 64.2 Å². The minimum Gasteiger partial charge on any atom is -0.483 e. The zero-order chi connectivity index (χ0) is 22.8. The van der Waals surface area contributed by atoms with Crippen LogP contribution in [0.1, 0.15) is 53.4 Å². The minimum absolute atomic E-state index is 0.0212. The molecule has 2 aromatic carbocycles. The van der Waals surface area contributed by atoms with Crippen LogP contribution in [0.3, 0.4) is 0 Å². The van der Waals surface area contributed by atoms with Gasteiger partial charge in [-0.25, -0.2) is 0 Å². The topological polar surface area (TPSA) is 49.9 Å². The summed E-state index contributed by atoms with van der Waals surface area (Å²) in [6.45, 7) is 14.7. The second-order valence-electron chi connectivity index (χ2n) is 9.44. The van der Waals surface area contributed by atoms with Gasteiger partial charge in [0.2, 0.25) is 0 Å². The molecule has 0 spiro atoms. The van der Waals surface area contributed by atoms with Crippen LogP contribution >= 0.6 is 0 Å². The van der Waals surface area contributed by atoms with Gasteiger partial charge in [-0.3, -0.25) is 9.59 Å². The van der Waals surface area contributed by atoms with Crippen LogP contribution in [-0.2, 0) is 10.2 Å². The summed E-state index contributed by atoms with van der Waals surface area (Å²) in [5.41, 5.74) is 5.21. The Balaban J connectivity index is 1.54. The van der Waals surface area contributed by atoms with E-state index in [2.05, 4.69) is 26.8 Å². The Morgan fingerprint density at radius 2 is 1.39 bits per heavy atom. The van der Waals surface area contributed by atoms with Gasteiger partial charge < -0.3 is 14.5 Å². The number of piperazine rings is 1.